The molecule has 0 unspecified atom stereocenters. The molecule has 100 valence electrons. The average Bonchev–Trinajstić information content (AvgIpc) is 2.44. The maximum absolute atomic E-state index is 12.0. The maximum atomic E-state index is 12.0. The number of aromatic nitrogens is 3. The predicted octanol–water partition coefficient (Wildman–Crippen LogP) is 1.70. The first kappa shape index (κ1) is 13.3. The van der Waals surface area contributed by atoms with E-state index < -0.39 is 0 Å². The molecule has 19 heavy (non-hydrogen) atoms. The molecule has 5 nitrogen and oxygen atoms in total. The van der Waals surface area contributed by atoms with Crippen molar-refractivity contribution in [1.82, 2.24) is 14.5 Å². The lowest BCUT2D eigenvalue weighted by Gasteiger charge is -2.08. The Hall–Kier alpha value is -2.17. The third kappa shape index (κ3) is 3.64. The zero-order chi connectivity index (χ0) is 13.5. The maximum Gasteiger partial charge on any atom is 0.293 e. The molecular weight excluding hydrogens is 240 g/mol. The fourth-order valence-electron chi connectivity index (χ4n) is 1.86. The van der Waals surface area contributed by atoms with Crippen LogP contribution in [0, 0.1) is 0 Å². The van der Waals surface area contributed by atoms with E-state index in [1.54, 1.807) is 29.4 Å². The van der Waals surface area contributed by atoms with E-state index in [-0.39, 0.29) is 5.56 Å². The van der Waals surface area contributed by atoms with E-state index >= 15 is 0 Å². The first-order valence-electron chi connectivity index (χ1n) is 6.49. The van der Waals surface area contributed by atoms with E-state index in [9.17, 15) is 4.79 Å². The summed E-state index contributed by atoms with van der Waals surface area (Å²) in [6, 6.07) is 3.94. The Bertz CT molecular complexity index is 565. The largest absolute Gasteiger partial charge is 0.365 e. The van der Waals surface area contributed by atoms with Gasteiger partial charge in [-0.15, -0.1) is 0 Å². The van der Waals surface area contributed by atoms with Crippen LogP contribution in [0.5, 0.6) is 0 Å². The third-order valence-corrected chi connectivity index (χ3v) is 2.83. The van der Waals surface area contributed by atoms with Crippen molar-refractivity contribution in [3.05, 3.63) is 52.8 Å². The zero-order valence-electron chi connectivity index (χ0n) is 11.0. The first-order chi connectivity index (χ1) is 9.31. The van der Waals surface area contributed by atoms with Crippen molar-refractivity contribution in [2.24, 2.45) is 0 Å². The number of rotatable bonds is 6. The summed E-state index contributed by atoms with van der Waals surface area (Å²) in [6.45, 7) is 3.45. The summed E-state index contributed by atoms with van der Waals surface area (Å²) in [4.78, 5) is 20.1. The Morgan fingerprint density at radius 1 is 1.26 bits per heavy atom. The molecule has 0 aliphatic rings. The van der Waals surface area contributed by atoms with Gasteiger partial charge in [0.1, 0.15) is 0 Å². The molecule has 2 aromatic rings. The highest BCUT2D eigenvalue weighted by molar-refractivity contribution is 5.31. The summed E-state index contributed by atoms with van der Waals surface area (Å²) in [5.74, 6) is 0.421. The first-order valence-corrected chi connectivity index (χ1v) is 6.49. The molecule has 5 heteroatoms. The lowest BCUT2D eigenvalue weighted by atomic mass is 10.2. The Labute approximate surface area is 112 Å². The average molecular weight is 258 g/mol. The predicted molar refractivity (Wildman–Crippen MR) is 75.2 cm³/mol. The van der Waals surface area contributed by atoms with E-state index in [1.807, 2.05) is 19.1 Å². The Kier molecular flexibility index (Phi) is 4.66. The minimum Gasteiger partial charge on any atom is -0.365 e. The summed E-state index contributed by atoms with van der Waals surface area (Å²) in [5, 5.41) is 3.10. The molecule has 2 rings (SSSR count). The van der Waals surface area contributed by atoms with Gasteiger partial charge >= 0.3 is 0 Å². The third-order valence-electron chi connectivity index (χ3n) is 2.83. The SMILES string of the molecule is CCCn1ccnc(NCCc2ccncc2)c1=O. The van der Waals surface area contributed by atoms with Gasteiger partial charge < -0.3 is 9.88 Å². The molecule has 0 fully saturated rings. The summed E-state index contributed by atoms with van der Waals surface area (Å²) < 4.78 is 1.68. The molecular formula is C14H18N4O. The molecule has 0 aromatic carbocycles. The number of nitrogens with one attached hydrogen (secondary N) is 1. The van der Waals surface area contributed by atoms with Gasteiger partial charge in [0.15, 0.2) is 5.82 Å². The second-order valence-corrected chi connectivity index (χ2v) is 4.31. The number of hydrogen-bond donors (Lipinski definition) is 1. The van der Waals surface area contributed by atoms with Crippen LogP contribution in [0.1, 0.15) is 18.9 Å². The fraction of sp³-hybridized carbons (Fsp3) is 0.357. The number of nitrogens with zero attached hydrogens (tertiary/aromatic N) is 3. The second-order valence-electron chi connectivity index (χ2n) is 4.31. The molecule has 2 aromatic heterocycles. The molecule has 0 aliphatic heterocycles. The number of aryl methyl sites for hydroxylation is 1. The smallest absolute Gasteiger partial charge is 0.293 e. The van der Waals surface area contributed by atoms with Gasteiger partial charge in [0, 0.05) is 37.9 Å². The second kappa shape index (κ2) is 6.68. The quantitative estimate of drug-likeness (QED) is 0.856. The van der Waals surface area contributed by atoms with E-state index in [2.05, 4.69) is 15.3 Å². The van der Waals surface area contributed by atoms with Crippen LogP contribution in [-0.4, -0.2) is 21.1 Å². The summed E-state index contributed by atoms with van der Waals surface area (Å²) >= 11 is 0. The van der Waals surface area contributed by atoms with E-state index in [0.29, 0.717) is 12.4 Å². The Balaban J connectivity index is 1.96. The van der Waals surface area contributed by atoms with Crippen LogP contribution in [0.4, 0.5) is 5.82 Å². The number of pyridine rings is 1. The molecule has 0 radical (unpaired) electrons. The van der Waals surface area contributed by atoms with Crippen molar-refractivity contribution in [1.29, 1.82) is 0 Å². The van der Waals surface area contributed by atoms with E-state index in [4.69, 9.17) is 0 Å². The summed E-state index contributed by atoms with van der Waals surface area (Å²) in [6.07, 6.45) is 8.69. The molecule has 0 amide bonds. The highest BCUT2D eigenvalue weighted by Gasteiger charge is 2.03. The van der Waals surface area contributed by atoms with E-state index in [0.717, 1.165) is 19.4 Å². The van der Waals surface area contributed by atoms with Crippen molar-refractivity contribution in [2.45, 2.75) is 26.3 Å². The van der Waals surface area contributed by atoms with Crippen LogP contribution in [0.15, 0.2) is 41.7 Å². The molecule has 0 saturated heterocycles. The molecule has 0 spiro atoms. The monoisotopic (exact) mass is 258 g/mol. The Morgan fingerprint density at radius 2 is 2.05 bits per heavy atom. The van der Waals surface area contributed by atoms with E-state index in [1.165, 1.54) is 5.56 Å². The van der Waals surface area contributed by atoms with Gasteiger partial charge in [-0.05, 0) is 30.5 Å². The van der Waals surface area contributed by atoms with Gasteiger partial charge in [0.05, 0.1) is 0 Å². The van der Waals surface area contributed by atoms with Crippen molar-refractivity contribution in [3.8, 4) is 0 Å². The van der Waals surface area contributed by atoms with Gasteiger partial charge in [-0.25, -0.2) is 4.98 Å². The standard InChI is InChI=1S/C14H18N4O/c1-2-10-18-11-9-17-13(14(18)19)16-8-5-12-3-6-15-7-4-12/h3-4,6-7,9,11H,2,5,8,10H2,1H3,(H,16,17). The molecule has 0 saturated carbocycles. The normalized spacial score (nSPS) is 10.4. The van der Waals surface area contributed by atoms with Crippen molar-refractivity contribution >= 4 is 5.82 Å². The summed E-state index contributed by atoms with van der Waals surface area (Å²) in [5.41, 5.74) is 1.13. The van der Waals surface area contributed by atoms with Gasteiger partial charge in [0.2, 0.25) is 0 Å². The van der Waals surface area contributed by atoms with Gasteiger partial charge in [-0.2, -0.15) is 0 Å². The molecule has 2 heterocycles. The van der Waals surface area contributed by atoms with Crippen molar-refractivity contribution < 1.29 is 0 Å². The van der Waals surface area contributed by atoms with Crippen LogP contribution < -0.4 is 10.9 Å². The minimum atomic E-state index is -0.0564. The van der Waals surface area contributed by atoms with Crippen LogP contribution in [-0.2, 0) is 13.0 Å². The van der Waals surface area contributed by atoms with Crippen LogP contribution in [0.25, 0.3) is 0 Å². The van der Waals surface area contributed by atoms with Crippen LogP contribution in [0.2, 0.25) is 0 Å². The lowest BCUT2D eigenvalue weighted by Crippen LogP contribution is -2.25. The lowest BCUT2D eigenvalue weighted by molar-refractivity contribution is 0.649. The molecule has 0 aliphatic carbocycles. The molecule has 1 N–H and O–H groups in total. The fourth-order valence-corrected chi connectivity index (χ4v) is 1.86. The highest BCUT2D eigenvalue weighted by Crippen LogP contribution is 1.99. The number of hydrogen-bond acceptors (Lipinski definition) is 4. The molecule has 0 bridgehead atoms. The van der Waals surface area contributed by atoms with Gasteiger partial charge in [0.25, 0.3) is 5.56 Å². The Morgan fingerprint density at radius 3 is 2.79 bits per heavy atom. The van der Waals surface area contributed by atoms with Crippen molar-refractivity contribution in [3.63, 3.8) is 0 Å². The van der Waals surface area contributed by atoms with Crippen LogP contribution >= 0.6 is 0 Å². The molecule has 0 atom stereocenters. The number of anilines is 1. The van der Waals surface area contributed by atoms with Gasteiger partial charge in [-0.1, -0.05) is 6.92 Å². The zero-order valence-corrected chi connectivity index (χ0v) is 11.0. The topological polar surface area (TPSA) is 59.8 Å². The van der Waals surface area contributed by atoms with Crippen LogP contribution in [0.3, 0.4) is 0 Å². The highest BCUT2D eigenvalue weighted by atomic mass is 16.1. The summed E-state index contributed by atoms with van der Waals surface area (Å²) in [7, 11) is 0. The minimum absolute atomic E-state index is 0.0564. The van der Waals surface area contributed by atoms with Crippen molar-refractivity contribution in [2.75, 3.05) is 11.9 Å². The van der Waals surface area contributed by atoms with Gasteiger partial charge in [-0.3, -0.25) is 9.78 Å².